The predicted octanol–water partition coefficient (Wildman–Crippen LogP) is 4.14. The molecule has 1 aliphatic heterocycles. The van der Waals surface area contributed by atoms with Crippen LogP contribution in [0.25, 0.3) is 0 Å². The van der Waals surface area contributed by atoms with Crippen LogP contribution < -0.4 is 10.6 Å². The van der Waals surface area contributed by atoms with Gasteiger partial charge in [0.2, 0.25) is 5.91 Å². The van der Waals surface area contributed by atoms with E-state index in [1.807, 2.05) is 36.4 Å². The van der Waals surface area contributed by atoms with Crippen molar-refractivity contribution in [1.82, 2.24) is 15.2 Å². The van der Waals surface area contributed by atoms with Crippen molar-refractivity contribution in [2.45, 2.75) is 58.4 Å². The van der Waals surface area contributed by atoms with Gasteiger partial charge in [0.15, 0.2) is 0 Å². The van der Waals surface area contributed by atoms with Crippen molar-refractivity contribution in [2.24, 2.45) is 11.3 Å². The molecule has 33 heavy (non-hydrogen) atoms. The Morgan fingerprint density at radius 3 is 2.27 bits per heavy atom. The van der Waals surface area contributed by atoms with Gasteiger partial charge in [0.05, 0.1) is 0 Å². The van der Waals surface area contributed by atoms with Crippen LogP contribution in [0.2, 0.25) is 0 Å². The monoisotopic (exact) mass is 448 g/mol. The molecule has 1 saturated carbocycles. The largest absolute Gasteiger partial charge is 0.325 e. The van der Waals surface area contributed by atoms with Crippen LogP contribution in [-0.2, 0) is 16.0 Å². The van der Waals surface area contributed by atoms with Crippen molar-refractivity contribution >= 4 is 23.5 Å². The second-order valence-corrected chi connectivity index (χ2v) is 10.3. The minimum Gasteiger partial charge on any atom is -0.325 e. The Kier molecular flexibility index (Phi) is 6.23. The van der Waals surface area contributed by atoms with Gasteiger partial charge >= 0.3 is 6.03 Å². The lowest BCUT2D eigenvalue weighted by Gasteiger charge is -2.40. The number of nitrogens with zero attached hydrogens (tertiary/aromatic N) is 2. The van der Waals surface area contributed by atoms with Gasteiger partial charge in [-0.05, 0) is 78.8 Å². The maximum Gasteiger partial charge on any atom is 0.325 e. The van der Waals surface area contributed by atoms with Gasteiger partial charge in [0, 0.05) is 18.1 Å². The summed E-state index contributed by atoms with van der Waals surface area (Å²) in [5.41, 5.74) is 2.23. The second kappa shape index (κ2) is 8.96. The second-order valence-electron chi connectivity index (χ2n) is 10.3. The van der Waals surface area contributed by atoms with Crippen molar-refractivity contribution in [1.29, 1.82) is 0 Å². The fourth-order valence-electron chi connectivity index (χ4n) is 4.92. The summed E-state index contributed by atoms with van der Waals surface area (Å²) in [6, 6.07) is 11.0. The van der Waals surface area contributed by atoms with Gasteiger partial charge in [-0.2, -0.15) is 0 Å². The van der Waals surface area contributed by atoms with E-state index in [1.165, 1.54) is 0 Å². The van der Waals surface area contributed by atoms with Crippen molar-refractivity contribution in [2.75, 3.05) is 11.9 Å². The zero-order chi connectivity index (χ0) is 23.6. The average Bonchev–Trinajstić information content (AvgIpc) is 2.99. The van der Waals surface area contributed by atoms with Crippen LogP contribution in [0.4, 0.5) is 10.5 Å². The van der Waals surface area contributed by atoms with Crippen LogP contribution in [0.3, 0.4) is 0 Å². The van der Waals surface area contributed by atoms with E-state index in [2.05, 4.69) is 36.4 Å². The van der Waals surface area contributed by atoms with Crippen LogP contribution in [0, 0.1) is 11.3 Å². The molecule has 1 aromatic heterocycles. The normalized spacial score (nSPS) is 23.0. The third-order valence-corrected chi connectivity index (χ3v) is 7.01. The molecule has 1 aliphatic carbocycles. The SMILES string of the molecule is CC(C)(C)C1CCC2(CC1)NC(=O)N(CC(=O)Nc1ccc(Cc3ccncc3)cc1)C2=O. The van der Waals surface area contributed by atoms with Crippen molar-refractivity contribution in [3.63, 3.8) is 0 Å². The number of imide groups is 1. The van der Waals surface area contributed by atoms with E-state index in [1.54, 1.807) is 12.4 Å². The lowest BCUT2D eigenvalue weighted by atomic mass is 9.67. The molecule has 2 aliphatic rings. The molecule has 7 heteroatoms. The Morgan fingerprint density at radius 2 is 1.67 bits per heavy atom. The first-order chi connectivity index (χ1) is 15.7. The molecule has 4 amide bonds. The maximum atomic E-state index is 13.1. The molecule has 1 aromatic carbocycles. The summed E-state index contributed by atoms with van der Waals surface area (Å²) in [5.74, 6) is -0.143. The molecule has 2 fully saturated rings. The van der Waals surface area contributed by atoms with Gasteiger partial charge in [-0.1, -0.05) is 32.9 Å². The van der Waals surface area contributed by atoms with E-state index >= 15 is 0 Å². The molecule has 0 atom stereocenters. The molecule has 1 spiro atoms. The van der Waals surface area contributed by atoms with Gasteiger partial charge in [0.1, 0.15) is 12.1 Å². The predicted molar refractivity (Wildman–Crippen MR) is 127 cm³/mol. The molecule has 0 radical (unpaired) electrons. The van der Waals surface area contributed by atoms with Gasteiger partial charge in [-0.15, -0.1) is 0 Å². The highest BCUT2D eigenvalue weighted by Crippen LogP contribution is 2.43. The number of amides is 4. The fraction of sp³-hybridized carbons (Fsp3) is 0.462. The number of aromatic nitrogens is 1. The first kappa shape index (κ1) is 23.0. The molecule has 4 rings (SSSR count). The Balaban J connectivity index is 1.33. The Hall–Kier alpha value is -3.22. The van der Waals surface area contributed by atoms with E-state index < -0.39 is 11.6 Å². The zero-order valence-corrected chi connectivity index (χ0v) is 19.6. The lowest BCUT2D eigenvalue weighted by molar-refractivity contribution is -0.135. The standard InChI is InChI=1S/C26H32N4O3/c1-25(2,3)20-8-12-26(13-9-20)23(32)30(24(33)29-26)17-22(31)28-21-6-4-18(5-7-21)16-19-10-14-27-15-11-19/h4-7,10-11,14-15,20H,8-9,12-13,16-17H2,1-3H3,(H,28,31)(H,29,33). The highest BCUT2D eigenvalue weighted by molar-refractivity contribution is 6.10. The van der Waals surface area contributed by atoms with Crippen molar-refractivity contribution < 1.29 is 14.4 Å². The molecule has 0 bridgehead atoms. The number of nitrogens with one attached hydrogen (secondary N) is 2. The van der Waals surface area contributed by atoms with Crippen LogP contribution in [0.1, 0.15) is 57.6 Å². The Labute approximate surface area is 195 Å². The summed E-state index contributed by atoms with van der Waals surface area (Å²) in [7, 11) is 0. The number of hydrogen-bond donors (Lipinski definition) is 2. The number of rotatable bonds is 5. The molecule has 2 aromatic rings. The molecule has 174 valence electrons. The van der Waals surface area contributed by atoms with E-state index in [0.717, 1.165) is 35.3 Å². The zero-order valence-electron chi connectivity index (χ0n) is 19.6. The number of hydrogen-bond acceptors (Lipinski definition) is 4. The quantitative estimate of drug-likeness (QED) is 0.673. The summed E-state index contributed by atoms with van der Waals surface area (Å²) in [5, 5.41) is 5.69. The van der Waals surface area contributed by atoms with Crippen molar-refractivity contribution in [3.05, 3.63) is 59.9 Å². The molecule has 2 N–H and O–H groups in total. The van der Waals surface area contributed by atoms with Crippen molar-refractivity contribution in [3.8, 4) is 0 Å². The van der Waals surface area contributed by atoms with E-state index in [-0.39, 0.29) is 23.8 Å². The molecular formula is C26H32N4O3. The third kappa shape index (κ3) is 5.07. The summed E-state index contributed by atoms with van der Waals surface area (Å²) in [4.78, 5) is 43.3. The van der Waals surface area contributed by atoms with Crippen LogP contribution in [0.5, 0.6) is 0 Å². The highest BCUT2D eigenvalue weighted by atomic mass is 16.2. The van der Waals surface area contributed by atoms with Gasteiger partial charge in [-0.25, -0.2) is 4.79 Å². The minimum absolute atomic E-state index is 0.181. The summed E-state index contributed by atoms with van der Waals surface area (Å²) in [6.07, 6.45) is 7.33. The van der Waals surface area contributed by atoms with Gasteiger partial charge in [0.25, 0.3) is 5.91 Å². The smallest absolute Gasteiger partial charge is 0.325 e. The lowest BCUT2D eigenvalue weighted by Crippen LogP contribution is -2.50. The molecule has 7 nitrogen and oxygen atoms in total. The number of carbonyl (C=O) groups excluding carboxylic acids is 3. The first-order valence-corrected chi connectivity index (χ1v) is 11.6. The Morgan fingerprint density at radius 1 is 1.06 bits per heavy atom. The van der Waals surface area contributed by atoms with Gasteiger partial charge in [-0.3, -0.25) is 19.5 Å². The highest BCUT2D eigenvalue weighted by Gasteiger charge is 2.53. The molecule has 1 saturated heterocycles. The van der Waals surface area contributed by atoms with E-state index in [0.29, 0.717) is 24.4 Å². The van der Waals surface area contributed by atoms with Gasteiger partial charge < -0.3 is 10.6 Å². The number of anilines is 1. The number of benzene rings is 1. The number of carbonyl (C=O) groups is 3. The molecular weight excluding hydrogens is 416 g/mol. The maximum absolute atomic E-state index is 13.1. The molecule has 2 heterocycles. The van der Waals surface area contributed by atoms with E-state index in [4.69, 9.17) is 0 Å². The third-order valence-electron chi connectivity index (χ3n) is 7.01. The van der Waals surface area contributed by atoms with Crippen LogP contribution >= 0.6 is 0 Å². The number of pyridine rings is 1. The molecule has 0 unspecified atom stereocenters. The van der Waals surface area contributed by atoms with Crippen LogP contribution in [-0.4, -0.2) is 39.8 Å². The summed E-state index contributed by atoms with van der Waals surface area (Å²) in [6.45, 7) is 6.36. The average molecular weight is 449 g/mol. The number of urea groups is 1. The minimum atomic E-state index is -0.853. The van der Waals surface area contributed by atoms with Crippen LogP contribution in [0.15, 0.2) is 48.8 Å². The first-order valence-electron chi connectivity index (χ1n) is 11.6. The fourth-order valence-corrected chi connectivity index (χ4v) is 4.92. The summed E-state index contributed by atoms with van der Waals surface area (Å²) >= 11 is 0. The Bertz CT molecular complexity index is 1020. The topological polar surface area (TPSA) is 91.4 Å². The van der Waals surface area contributed by atoms with E-state index in [9.17, 15) is 14.4 Å². The summed E-state index contributed by atoms with van der Waals surface area (Å²) < 4.78 is 0.